The number of benzene rings is 2. The third kappa shape index (κ3) is 5.05. The Morgan fingerprint density at radius 3 is 2.46 bits per heavy atom. The number of nitrogens with one attached hydrogen (secondary N) is 2. The van der Waals surface area contributed by atoms with Crippen molar-refractivity contribution in [1.82, 2.24) is 14.8 Å². The summed E-state index contributed by atoms with van der Waals surface area (Å²) in [6.07, 6.45) is 5.48. The second-order valence-electron chi connectivity index (χ2n) is 9.57. The van der Waals surface area contributed by atoms with Crippen molar-refractivity contribution in [2.45, 2.75) is 12.8 Å². The molecule has 6 amide bonds. The molecule has 0 bridgehead atoms. The van der Waals surface area contributed by atoms with E-state index in [0.717, 1.165) is 47.9 Å². The normalized spacial score (nSPS) is 16.9. The number of halogens is 1. The minimum absolute atomic E-state index is 0. The number of carbonyl (C=O) groups excluding carboxylic acids is 3. The first-order valence-electron chi connectivity index (χ1n) is 12.8. The van der Waals surface area contributed by atoms with Crippen molar-refractivity contribution in [3.05, 3.63) is 95.8 Å². The lowest BCUT2D eigenvalue weighted by Gasteiger charge is -2.18. The van der Waals surface area contributed by atoms with Gasteiger partial charge >= 0.3 is 18.1 Å². The van der Waals surface area contributed by atoms with Gasteiger partial charge in [-0.1, -0.05) is 30.3 Å². The molecule has 1 radical (unpaired) electrons. The van der Waals surface area contributed by atoms with Gasteiger partial charge in [0.05, 0.1) is 12.5 Å². The van der Waals surface area contributed by atoms with Gasteiger partial charge in [-0.3, -0.25) is 10.2 Å². The zero-order valence-corrected chi connectivity index (χ0v) is 21.1. The standard InChI is InChI=1S/C29H26FN6O3.2H2/c30-25-17-20(32-28(38)36-15-14-35(29(36)39)21-6-2-1-3-7-21)8-9-22(25)24-18-23(24)19-10-11-31-26(16-19)33-27(37)34-12-4-5-13-34;;/h1-3,6-11,16-18H,4-5,12-15H2,(H,32,38)(H,31,33,37);2*1H. The fourth-order valence-corrected chi connectivity index (χ4v) is 4.92. The summed E-state index contributed by atoms with van der Waals surface area (Å²) < 4.78 is 15.1. The van der Waals surface area contributed by atoms with Crippen LogP contribution in [-0.4, -0.2) is 59.1 Å². The maximum Gasteiger partial charge on any atom is 0.332 e. The molecule has 0 spiro atoms. The average Bonchev–Trinajstić information content (AvgIpc) is 3.33. The Kier molecular flexibility index (Phi) is 6.44. The van der Waals surface area contributed by atoms with E-state index in [0.29, 0.717) is 23.6 Å². The number of hydrogen-bond donors (Lipinski definition) is 2. The van der Waals surface area contributed by atoms with E-state index in [1.807, 2.05) is 42.5 Å². The number of para-hydroxylation sites is 1. The van der Waals surface area contributed by atoms with Crippen molar-refractivity contribution in [3.63, 3.8) is 0 Å². The number of likely N-dealkylation sites (tertiary alicyclic amines) is 1. The number of imide groups is 1. The summed E-state index contributed by atoms with van der Waals surface area (Å²) in [6.45, 7) is 2.10. The van der Waals surface area contributed by atoms with Gasteiger partial charge in [0.1, 0.15) is 11.6 Å². The predicted molar refractivity (Wildman–Crippen MR) is 150 cm³/mol. The first-order chi connectivity index (χ1) is 19.0. The van der Waals surface area contributed by atoms with Gasteiger partial charge in [-0.15, -0.1) is 0 Å². The SMILES string of the molecule is O=C(Nc1cc(C2=C[C]2c2ccc(NC(=O)N3CCN(c4ccccc4)C3=O)cc2F)ccn1)N1CCCC1.[HH].[HH]. The summed E-state index contributed by atoms with van der Waals surface area (Å²) in [7, 11) is 0. The van der Waals surface area contributed by atoms with Crippen LogP contribution >= 0.6 is 0 Å². The predicted octanol–water partition coefficient (Wildman–Crippen LogP) is 5.83. The molecule has 39 heavy (non-hydrogen) atoms. The Balaban J connectivity index is 0.00000194. The van der Waals surface area contributed by atoms with Crippen molar-refractivity contribution >= 4 is 40.9 Å². The highest BCUT2D eigenvalue weighted by atomic mass is 19.1. The van der Waals surface area contributed by atoms with Crippen LogP contribution in [-0.2, 0) is 0 Å². The Morgan fingerprint density at radius 1 is 0.897 bits per heavy atom. The monoisotopic (exact) mass is 529 g/mol. The first-order valence-corrected chi connectivity index (χ1v) is 12.8. The average molecular weight is 530 g/mol. The smallest absolute Gasteiger partial charge is 0.324 e. The van der Waals surface area contributed by atoms with Crippen molar-refractivity contribution in [2.75, 3.05) is 41.7 Å². The number of nitrogens with zero attached hydrogens (tertiary/aromatic N) is 4. The molecule has 3 heterocycles. The van der Waals surface area contributed by atoms with Crippen molar-refractivity contribution in [2.24, 2.45) is 0 Å². The molecular formula is C29H30FN6O3. The molecule has 1 aromatic heterocycles. The van der Waals surface area contributed by atoms with E-state index in [2.05, 4.69) is 15.6 Å². The lowest BCUT2D eigenvalue weighted by Crippen LogP contribution is -2.39. The molecule has 0 saturated carbocycles. The van der Waals surface area contributed by atoms with E-state index in [-0.39, 0.29) is 21.1 Å². The van der Waals surface area contributed by atoms with Crippen LogP contribution in [0.3, 0.4) is 0 Å². The molecule has 0 atom stereocenters. The molecule has 201 valence electrons. The number of anilines is 3. The summed E-state index contributed by atoms with van der Waals surface area (Å²) in [5, 5.41) is 5.46. The third-order valence-corrected chi connectivity index (χ3v) is 7.03. The summed E-state index contributed by atoms with van der Waals surface area (Å²) in [5.41, 5.74) is 3.05. The molecule has 3 aromatic rings. The van der Waals surface area contributed by atoms with Crippen LogP contribution in [0.5, 0.6) is 0 Å². The van der Waals surface area contributed by atoms with Crippen LogP contribution in [0.4, 0.5) is 36.0 Å². The van der Waals surface area contributed by atoms with E-state index in [9.17, 15) is 14.4 Å². The van der Waals surface area contributed by atoms with Gasteiger partial charge in [-0.2, -0.15) is 0 Å². The molecular weight excluding hydrogens is 499 g/mol. The van der Waals surface area contributed by atoms with Crippen LogP contribution in [0.15, 0.2) is 72.9 Å². The van der Waals surface area contributed by atoms with Gasteiger partial charge in [0.2, 0.25) is 0 Å². The van der Waals surface area contributed by atoms with Crippen molar-refractivity contribution in [3.8, 4) is 0 Å². The van der Waals surface area contributed by atoms with E-state index in [1.165, 1.54) is 11.0 Å². The fourth-order valence-electron chi connectivity index (χ4n) is 4.92. The van der Waals surface area contributed by atoms with Crippen LogP contribution in [0.1, 0.15) is 26.8 Å². The molecule has 2 fully saturated rings. The van der Waals surface area contributed by atoms with Crippen LogP contribution in [0.25, 0.3) is 5.57 Å². The summed E-state index contributed by atoms with van der Waals surface area (Å²) in [6, 6.07) is 16.0. The first kappa shape index (κ1) is 24.6. The van der Waals surface area contributed by atoms with E-state index < -0.39 is 17.9 Å². The summed E-state index contributed by atoms with van der Waals surface area (Å²) in [4.78, 5) is 46.5. The quantitative estimate of drug-likeness (QED) is 0.434. The zero-order valence-electron chi connectivity index (χ0n) is 21.1. The lowest BCUT2D eigenvalue weighted by atomic mass is 10.0. The Hall–Kier alpha value is -4.73. The van der Waals surface area contributed by atoms with E-state index >= 15 is 4.39 Å². The van der Waals surface area contributed by atoms with Crippen LogP contribution in [0.2, 0.25) is 0 Å². The number of amides is 6. The second-order valence-corrected chi connectivity index (χ2v) is 9.57. The molecule has 3 aliphatic rings. The highest BCUT2D eigenvalue weighted by Gasteiger charge is 2.35. The molecule has 2 aromatic carbocycles. The van der Waals surface area contributed by atoms with Crippen LogP contribution in [0, 0.1) is 11.7 Å². The Labute approximate surface area is 227 Å². The number of urea groups is 3. The van der Waals surface area contributed by atoms with E-state index in [4.69, 9.17) is 0 Å². The summed E-state index contributed by atoms with van der Waals surface area (Å²) >= 11 is 0. The van der Waals surface area contributed by atoms with Crippen LogP contribution < -0.4 is 15.5 Å². The molecule has 10 heteroatoms. The highest BCUT2D eigenvalue weighted by Crippen LogP contribution is 2.46. The second kappa shape index (κ2) is 10.2. The molecule has 1 aliphatic carbocycles. The third-order valence-electron chi connectivity index (χ3n) is 7.03. The number of pyridine rings is 1. The molecule has 6 rings (SSSR count). The maximum atomic E-state index is 15.1. The van der Waals surface area contributed by atoms with Gasteiger partial charge in [0.15, 0.2) is 0 Å². The maximum absolute atomic E-state index is 15.1. The van der Waals surface area contributed by atoms with Gasteiger partial charge in [-0.25, -0.2) is 28.7 Å². The van der Waals surface area contributed by atoms with Crippen molar-refractivity contribution in [1.29, 1.82) is 0 Å². The number of aromatic nitrogens is 1. The van der Waals surface area contributed by atoms with E-state index in [1.54, 1.807) is 29.3 Å². The number of allylic oxidation sites excluding steroid dienone is 2. The minimum atomic E-state index is -0.608. The van der Waals surface area contributed by atoms with Gasteiger partial charge in [0.25, 0.3) is 0 Å². The number of hydrogen-bond acceptors (Lipinski definition) is 4. The van der Waals surface area contributed by atoms with Gasteiger partial charge < -0.3 is 10.2 Å². The summed E-state index contributed by atoms with van der Waals surface area (Å²) in [5.74, 6) is 0.684. The molecule has 0 unspecified atom stereocenters. The molecule has 2 N–H and O–H groups in total. The number of rotatable bonds is 5. The zero-order chi connectivity index (χ0) is 26.9. The van der Waals surface area contributed by atoms with Gasteiger partial charge in [0, 0.05) is 45.6 Å². The Bertz CT molecular complexity index is 1480. The molecule has 2 saturated heterocycles. The minimum Gasteiger partial charge on any atom is -0.324 e. The van der Waals surface area contributed by atoms with Gasteiger partial charge in [-0.05, 0) is 60.4 Å². The number of carbonyl (C=O) groups is 3. The highest BCUT2D eigenvalue weighted by molar-refractivity contribution is 6.08. The van der Waals surface area contributed by atoms with Crippen molar-refractivity contribution < 1.29 is 21.6 Å². The fraction of sp³-hybridized carbons (Fsp3) is 0.207. The molecule has 9 nitrogen and oxygen atoms in total. The Morgan fingerprint density at radius 2 is 1.69 bits per heavy atom. The molecule has 2 aliphatic heterocycles. The lowest BCUT2D eigenvalue weighted by molar-refractivity contribution is 0.209. The topological polar surface area (TPSA) is 97.9 Å². The largest absolute Gasteiger partial charge is 0.332 e.